The average molecular weight is 444 g/mol. The van der Waals surface area contributed by atoms with Crippen LogP contribution in [0, 0.1) is 6.92 Å². The highest BCUT2D eigenvalue weighted by atomic mass is 32.2. The van der Waals surface area contributed by atoms with Crippen LogP contribution in [-0.2, 0) is 15.7 Å². The second kappa shape index (κ2) is 9.91. The van der Waals surface area contributed by atoms with Crippen LogP contribution in [0.4, 0.5) is 13.2 Å². The first-order chi connectivity index (χ1) is 14.2. The van der Waals surface area contributed by atoms with Gasteiger partial charge in [0.15, 0.2) is 12.6 Å². The Bertz CT molecular complexity index is 822. The molecule has 0 aromatic heterocycles. The van der Waals surface area contributed by atoms with Crippen molar-refractivity contribution < 1.29 is 37.2 Å². The van der Waals surface area contributed by atoms with E-state index in [-0.39, 0.29) is 24.9 Å². The van der Waals surface area contributed by atoms with Crippen molar-refractivity contribution >= 4 is 11.8 Å². The fourth-order valence-electron chi connectivity index (χ4n) is 2.72. The van der Waals surface area contributed by atoms with Crippen molar-refractivity contribution in [1.29, 1.82) is 0 Å². The molecule has 0 amide bonds. The number of aliphatic hydroxyl groups is 1. The Balaban J connectivity index is 1.40. The van der Waals surface area contributed by atoms with E-state index in [2.05, 4.69) is 0 Å². The number of ether oxygens (including phenoxy) is 4. The molecule has 0 radical (unpaired) electrons. The molecule has 1 saturated heterocycles. The quantitative estimate of drug-likeness (QED) is 0.569. The van der Waals surface area contributed by atoms with E-state index < -0.39 is 17.8 Å². The van der Waals surface area contributed by atoms with Crippen LogP contribution in [0.3, 0.4) is 0 Å². The van der Waals surface area contributed by atoms with Crippen molar-refractivity contribution in [2.24, 2.45) is 0 Å². The van der Waals surface area contributed by atoms with Crippen molar-refractivity contribution in [2.75, 3.05) is 19.0 Å². The number of hydrogen-bond acceptors (Lipinski definition) is 6. The SMILES string of the molecule is Cc1cc(SC[C@H](O)COc2ccc(C(F)(F)F)cc2)ccc1OCC1OC(C)O1. The van der Waals surface area contributed by atoms with E-state index in [0.717, 1.165) is 28.3 Å². The van der Waals surface area contributed by atoms with Crippen LogP contribution >= 0.6 is 11.8 Å². The molecule has 3 rings (SSSR count). The normalized spacial score (nSPS) is 19.8. The molecule has 0 saturated carbocycles. The van der Waals surface area contributed by atoms with E-state index in [1.165, 1.54) is 23.9 Å². The highest BCUT2D eigenvalue weighted by Gasteiger charge is 2.30. The number of benzene rings is 2. The van der Waals surface area contributed by atoms with Crippen molar-refractivity contribution in [3.63, 3.8) is 0 Å². The van der Waals surface area contributed by atoms with Gasteiger partial charge in [-0.15, -0.1) is 11.8 Å². The Kier molecular flexibility index (Phi) is 7.51. The third-order valence-corrected chi connectivity index (χ3v) is 5.41. The maximum absolute atomic E-state index is 12.6. The highest BCUT2D eigenvalue weighted by Crippen LogP contribution is 2.30. The molecule has 0 unspecified atom stereocenters. The minimum absolute atomic E-state index is 0.0155. The summed E-state index contributed by atoms with van der Waals surface area (Å²) in [5.74, 6) is 1.39. The number of aryl methyl sites for hydroxylation is 1. The molecule has 9 heteroatoms. The fraction of sp³-hybridized carbons (Fsp3) is 0.429. The third kappa shape index (κ3) is 6.53. The molecule has 2 aromatic carbocycles. The Morgan fingerprint density at radius 1 is 1.10 bits per heavy atom. The summed E-state index contributed by atoms with van der Waals surface area (Å²) in [6, 6.07) is 10.1. The van der Waals surface area contributed by atoms with Crippen molar-refractivity contribution in [2.45, 2.75) is 43.6 Å². The second-order valence-electron chi connectivity index (χ2n) is 6.81. The van der Waals surface area contributed by atoms with Gasteiger partial charge in [-0.3, -0.25) is 0 Å². The highest BCUT2D eigenvalue weighted by molar-refractivity contribution is 7.99. The van der Waals surface area contributed by atoms with Gasteiger partial charge in [0.2, 0.25) is 0 Å². The molecule has 1 heterocycles. The van der Waals surface area contributed by atoms with E-state index in [0.29, 0.717) is 12.4 Å². The van der Waals surface area contributed by atoms with Crippen molar-refractivity contribution in [3.8, 4) is 11.5 Å². The van der Waals surface area contributed by atoms with Gasteiger partial charge in [0, 0.05) is 10.6 Å². The molecule has 5 nitrogen and oxygen atoms in total. The molecule has 1 atom stereocenters. The van der Waals surface area contributed by atoms with E-state index in [4.69, 9.17) is 18.9 Å². The lowest BCUT2D eigenvalue weighted by Crippen LogP contribution is -2.42. The van der Waals surface area contributed by atoms with Gasteiger partial charge in [-0.2, -0.15) is 13.2 Å². The summed E-state index contributed by atoms with van der Waals surface area (Å²) in [5.41, 5.74) is 0.207. The van der Waals surface area contributed by atoms with Crippen molar-refractivity contribution in [3.05, 3.63) is 53.6 Å². The minimum atomic E-state index is -4.38. The van der Waals surface area contributed by atoms with E-state index in [1.54, 1.807) is 0 Å². The van der Waals surface area contributed by atoms with Crippen LogP contribution in [0.1, 0.15) is 18.1 Å². The predicted octanol–water partition coefficient (Wildman–Crippen LogP) is 4.64. The average Bonchev–Trinajstić information content (AvgIpc) is 2.68. The predicted molar refractivity (Wildman–Crippen MR) is 106 cm³/mol. The standard InChI is InChI=1S/C21H23F3O5S/c1-13-9-18(7-8-19(13)27-11-20-28-14(2)29-20)30-12-16(25)10-26-17-5-3-15(4-6-17)21(22,23)24/h3-9,14,16,20,25H,10-12H2,1-2H3/t14?,16-,20?/m1/s1. The lowest BCUT2D eigenvalue weighted by molar-refractivity contribution is -0.380. The van der Waals surface area contributed by atoms with Crippen LogP contribution in [-0.4, -0.2) is 42.8 Å². The smallest absolute Gasteiger partial charge is 0.416 e. The minimum Gasteiger partial charge on any atom is -0.491 e. The number of aliphatic hydroxyl groups excluding tert-OH is 1. The van der Waals surface area contributed by atoms with Gasteiger partial charge in [-0.25, -0.2) is 0 Å². The molecule has 1 aliphatic heterocycles. The molecular formula is C21H23F3O5S. The zero-order valence-corrected chi connectivity index (χ0v) is 17.3. The number of halogens is 3. The van der Waals surface area contributed by atoms with Crippen LogP contribution in [0.5, 0.6) is 11.5 Å². The van der Waals surface area contributed by atoms with Crippen molar-refractivity contribution in [1.82, 2.24) is 0 Å². The lowest BCUT2D eigenvalue weighted by Gasteiger charge is -2.33. The maximum atomic E-state index is 12.6. The van der Waals surface area contributed by atoms with E-state index in [9.17, 15) is 18.3 Å². The third-order valence-electron chi connectivity index (χ3n) is 4.27. The van der Waals surface area contributed by atoms with Crippen LogP contribution < -0.4 is 9.47 Å². The van der Waals surface area contributed by atoms with Crippen LogP contribution in [0.25, 0.3) is 0 Å². The van der Waals surface area contributed by atoms with Gasteiger partial charge in [-0.1, -0.05) is 0 Å². The Morgan fingerprint density at radius 2 is 1.80 bits per heavy atom. The first-order valence-electron chi connectivity index (χ1n) is 9.36. The summed E-state index contributed by atoms with van der Waals surface area (Å²) in [7, 11) is 0. The molecule has 1 aliphatic rings. The van der Waals surface area contributed by atoms with Gasteiger partial charge >= 0.3 is 6.18 Å². The second-order valence-corrected chi connectivity index (χ2v) is 7.90. The number of rotatable bonds is 9. The molecule has 30 heavy (non-hydrogen) atoms. The first kappa shape index (κ1) is 22.7. The number of alkyl halides is 3. The lowest BCUT2D eigenvalue weighted by atomic mass is 10.2. The Morgan fingerprint density at radius 3 is 2.40 bits per heavy atom. The molecule has 164 valence electrons. The van der Waals surface area contributed by atoms with Crippen LogP contribution in [0.2, 0.25) is 0 Å². The van der Waals surface area contributed by atoms with Gasteiger partial charge in [0.1, 0.15) is 24.7 Å². The monoisotopic (exact) mass is 444 g/mol. The molecule has 0 aliphatic carbocycles. The Labute approximate surface area is 177 Å². The number of hydrogen-bond donors (Lipinski definition) is 1. The largest absolute Gasteiger partial charge is 0.491 e. The molecular weight excluding hydrogens is 421 g/mol. The van der Waals surface area contributed by atoms with Gasteiger partial charge in [0.05, 0.1) is 11.7 Å². The summed E-state index contributed by atoms with van der Waals surface area (Å²) in [5, 5.41) is 10.1. The fourth-order valence-corrected chi connectivity index (χ4v) is 3.63. The molecule has 1 fully saturated rings. The summed E-state index contributed by atoms with van der Waals surface area (Å²) >= 11 is 1.45. The van der Waals surface area contributed by atoms with Crippen LogP contribution in [0.15, 0.2) is 47.4 Å². The molecule has 0 spiro atoms. The van der Waals surface area contributed by atoms with Gasteiger partial charge < -0.3 is 24.1 Å². The topological polar surface area (TPSA) is 57.2 Å². The zero-order valence-electron chi connectivity index (χ0n) is 16.5. The van der Waals surface area contributed by atoms with E-state index >= 15 is 0 Å². The summed E-state index contributed by atoms with van der Waals surface area (Å²) in [6.45, 7) is 4.04. The Hall–Kier alpha value is -1.94. The van der Waals surface area contributed by atoms with Gasteiger partial charge in [-0.05, 0) is 61.9 Å². The zero-order chi connectivity index (χ0) is 21.7. The molecule has 0 bridgehead atoms. The number of thioether (sulfide) groups is 1. The molecule has 2 aromatic rings. The van der Waals surface area contributed by atoms with E-state index in [1.807, 2.05) is 32.0 Å². The maximum Gasteiger partial charge on any atom is 0.416 e. The summed E-state index contributed by atoms with van der Waals surface area (Å²) < 4.78 is 59.4. The summed E-state index contributed by atoms with van der Waals surface area (Å²) in [4.78, 5) is 0.957. The first-order valence-corrected chi connectivity index (χ1v) is 10.3. The molecule has 1 N–H and O–H groups in total. The summed E-state index contributed by atoms with van der Waals surface area (Å²) in [6.07, 6.45) is -5.69. The van der Waals surface area contributed by atoms with Gasteiger partial charge in [0.25, 0.3) is 0 Å².